The lowest BCUT2D eigenvalue weighted by Crippen LogP contribution is -2.33. The van der Waals surface area contributed by atoms with Crippen molar-refractivity contribution in [2.75, 3.05) is 21.2 Å². The number of amidine groups is 1. The molecule has 0 spiro atoms. The lowest BCUT2D eigenvalue weighted by Gasteiger charge is -2.28. The molecule has 1 aliphatic rings. The van der Waals surface area contributed by atoms with E-state index in [1.165, 1.54) is 7.11 Å². The quantitative estimate of drug-likeness (QED) is 0.334. The van der Waals surface area contributed by atoms with Crippen LogP contribution in [0.1, 0.15) is 32.6 Å². The summed E-state index contributed by atoms with van der Waals surface area (Å²) in [7, 11) is 5.30. The van der Waals surface area contributed by atoms with Crippen LogP contribution in [0.2, 0.25) is 0 Å². The summed E-state index contributed by atoms with van der Waals surface area (Å²) in [6.45, 7) is 1.92. The zero-order valence-corrected chi connectivity index (χ0v) is 12.4. The predicted octanol–water partition coefficient (Wildman–Crippen LogP) is 2.27. The highest BCUT2D eigenvalue weighted by molar-refractivity contribution is 7.80. The summed E-state index contributed by atoms with van der Waals surface area (Å²) < 4.78 is 4.87. The van der Waals surface area contributed by atoms with E-state index in [1.807, 2.05) is 25.9 Å². The van der Waals surface area contributed by atoms with Gasteiger partial charge in [-0.15, -0.1) is 0 Å². The van der Waals surface area contributed by atoms with Crippen molar-refractivity contribution in [2.24, 2.45) is 16.8 Å². The van der Waals surface area contributed by atoms with Crippen molar-refractivity contribution in [3.05, 3.63) is 0 Å². The van der Waals surface area contributed by atoms with E-state index in [9.17, 15) is 4.79 Å². The monoisotopic (exact) mass is 270 g/mol. The number of thiocarbonyl (C=S) groups is 1. The van der Waals surface area contributed by atoms with E-state index in [4.69, 9.17) is 17.0 Å². The fraction of sp³-hybridized carbons (Fsp3) is 0.769. The van der Waals surface area contributed by atoms with Crippen molar-refractivity contribution in [2.45, 2.75) is 32.6 Å². The van der Waals surface area contributed by atoms with Crippen LogP contribution in [0, 0.1) is 11.8 Å². The molecule has 0 aliphatic heterocycles. The number of ether oxygens (including phenoxy) is 1. The average molecular weight is 270 g/mol. The first-order valence-electron chi connectivity index (χ1n) is 6.31. The second-order valence-corrected chi connectivity index (χ2v) is 5.33. The second-order valence-electron chi connectivity index (χ2n) is 4.91. The Labute approximate surface area is 114 Å². The standard InChI is InChI=1S/C13H22N2O2S/c1-9(15(2)3)14-12(18)10-7-5-6-8-11(10)13(16)17-4/h10-11H,5-8H2,1-4H3. The summed E-state index contributed by atoms with van der Waals surface area (Å²) in [6, 6.07) is 0. The molecular weight excluding hydrogens is 248 g/mol. The van der Waals surface area contributed by atoms with E-state index in [0.29, 0.717) is 4.99 Å². The van der Waals surface area contributed by atoms with Gasteiger partial charge < -0.3 is 9.64 Å². The number of hydrogen-bond donors (Lipinski definition) is 0. The number of carbonyl (C=O) groups excluding carboxylic acids is 1. The molecule has 102 valence electrons. The van der Waals surface area contributed by atoms with Gasteiger partial charge in [0.2, 0.25) is 0 Å². The SMILES string of the molecule is COC(=O)C1CCCCC1C(=S)N=C(C)N(C)C. The van der Waals surface area contributed by atoms with Crippen LogP contribution in [0.5, 0.6) is 0 Å². The fourth-order valence-corrected chi connectivity index (χ4v) is 2.62. The molecule has 1 rings (SSSR count). The maximum Gasteiger partial charge on any atom is 0.309 e. The molecule has 0 saturated heterocycles. The van der Waals surface area contributed by atoms with Gasteiger partial charge in [-0.05, 0) is 19.8 Å². The summed E-state index contributed by atoms with van der Waals surface area (Å²) in [5.41, 5.74) is 0. The Morgan fingerprint density at radius 1 is 1.28 bits per heavy atom. The normalized spacial score (nSPS) is 24.6. The Morgan fingerprint density at radius 2 is 1.83 bits per heavy atom. The number of esters is 1. The first kappa shape index (κ1) is 15.1. The Hall–Kier alpha value is -0.970. The highest BCUT2D eigenvalue weighted by atomic mass is 32.1. The minimum Gasteiger partial charge on any atom is -0.469 e. The van der Waals surface area contributed by atoms with Gasteiger partial charge in [0.15, 0.2) is 0 Å². The second kappa shape index (κ2) is 6.83. The molecule has 2 unspecified atom stereocenters. The van der Waals surface area contributed by atoms with Gasteiger partial charge in [-0.2, -0.15) is 0 Å². The van der Waals surface area contributed by atoms with Crippen molar-refractivity contribution < 1.29 is 9.53 Å². The maximum absolute atomic E-state index is 11.8. The molecule has 5 heteroatoms. The molecule has 0 N–H and O–H groups in total. The topological polar surface area (TPSA) is 41.9 Å². The van der Waals surface area contributed by atoms with Gasteiger partial charge in [0.25, 0.3) is 0 Å². The smallest absolute Gasteiger partial charge is 0.309 e. The first-order valence-corrected chi connectivity index (χ1v) is 6.72. The third kappa shape index (κ3) is 3.77. The van der Waals surface area contributed by atoms with Crippen LogP contribution in [0.15, 0.2) is 4.99 Å². The number of nitrogens with zero attached hydrogens (tertiary/aromatic N) is 2. The van der Waals surface area contributed by atoms with Crippen LogP contribution < -0.4 is 0 Å². The average Bonchev–Trinajstić information content (AvgIpc) is 2.37. The molecule has 0 heterocycles. The number of rotatable bonds is 2. The molecule has 1 aliphatic carbocycles. The highest BCUT2D eigenvalue weighted by Gasteiger charge is 2.34. The molecule has 0 bridgehead atoms. The van der Waals surface area contributed by atoms with Crippen LogP contribution >= 0.6 is 12.2 Å². The third-order valence-electron chi connectivity index (χ3n) is 3.51. The van der Waals surface area contributed by atoms with E-state index >= 15 is 0 Å². The van der Waals surface area contributed by atoms with Crippen LogP contribution in [0.4, 0.5) is 0 Å². The van der Waals surface area contributed by atoms with Gasteiger partial charge in [0, 0.05) is 20.0 Å². The lowest BCUT2D eigenvalue weighted by molar-refractivity contribution is -0.147. The van der Waals surface area contributed by atoms with Gasteiger partial charge in [-0.25, -0.2) is 4.99 Å². The molecule has 1 fully saturated rings. The zero-order chi connectivity index (χ0) is 13.7. The van der Waals surface area contributed by atoms with Crippen molar-refractivity contribution in [3.8, 4) is 0 Å². The molecule has 0 aromatic rings. The minimum atomic E-state index is -0.153. The van der Waals surface area contributed by atoms with Crippen LogP contribution in [-0.4, -0.2) is 42.9 Å². The van der Waals surface area contributed by atoms with Crippen LogP contribution in [0.3, 0.4) is 0 Å². The number of aliphatic imine (C=N–C) groups is 1. The summed E-state index contributed by atoms with van der Waals surface area (Å²) in [4.78, 5) is 18.7. The number of hydrogen-bond acceptors (Lipinski definition) is 3. The van der Waals surface area contributed by atoms with Crippen LogP contribution in [0.25, 0.3) is 0 Å². The Morgan fingerprint density at radius 3 is 2.33 bits per heavy atom. The van der Waals surface area contributed by atoms with Crippen molar-refractivity contribution in [1.29, 1.82) is 0 Å². The number of carbonyl (C=O) groups is 1. The molecule has 1 saturated carbocycles. The molecule has 0 radical (unpaired) electrons. The highest BCUT2D eigenvalue weighted by Crippen LogP contribution is 2.32. The lowest BCUT2D eigenvalue weighted by atomic mass is 9.79. The molecule has 0 aromatic heterocycles. The minimum absolute atomic E-state index is 0.0519. The van der Waals surface area contributed by atoms with Gasteiger partial charge in [-0.3, -0.25) is 4.79 Å². The van der Waals surface area contributed by atoms with E-state index in [-0.39, 0.29) is 17.8 Å². The zero-order valence-electron chi connectivity index (χ0n) is 11.6. The number of methoxy groups -OCH3 is 1. The largest absolute Gasteiger partial charge is 0.469 e. The fourth-order valence-electron chi connectivity index (χ4n) is 2.20. The molecule has 2 atom stereocenters. The Kier molecular flexibility index (Phi) is 5.72. The summed E-state index contributed by atoms with van der Waals surface area (Å²) in [5, 5.41) is 0. The van der Waals surface area contributed by atoms with Gasteiger partial charge in [0.05, 0.1) is 13.0 Å². The van der Waals surface area contributed by atoms with Crippen molar-refractivity contribution in [1.82, 2.24) is 4.90 Å². The molecular formula is C13H22N2O2S. The molecule has 18 heavy (non-hydrogen) atoms. The van der Waals surface area contributed by atoms with Gasteiger partial charge in [-0.1, -0.05) is 25.1 Å². The van der Waals surface area contributed by atoms with E-state index in [0.717, 1.165) is 31.5 Å². The molecule has 4 nitrogen and oxygen atoms in total. The van der Waals surface area contributed by atoms with E-state index in [1.54, 1.807) is 0 Å². The summed E-state index contributed by atoms with van der Waals surface area (Å²) in [5.74, 6) is 0.653. The Bertz CT molecular complexity index is 353. The van der Waals surface area contributed by atoms with E-state index < -0.39 is 0 Å². The summed E-state index contributed by atoms with van der Waals surface area (Å²) in [6.07, 6.45) is 3.96. The van der Waals surface area contributed by atoms with E-state index in [2.05, 4.69) is 4.99 Å². The van der Waals surface area contributed by atoms with Crippen LogP contribution in [-0.2, 0) is 9.53 Å². The molecule has 0 amide bonds. The maximum atomic E-state index is 11.8. The predicted molar refractivity (Wildman–Crippen MR) is 76.9 cm³/mol. The summed E-state index contributed by atoms with van der Waals surface area (Å²) >= 11 is 5.39. The third-order valence-corrected chi connectivity index (χ3v) is 3.90. The van der Waals surface area contributed by atoms with Crippen molar-refractivity contribution in [3.63, 3.8) is 0 Å². The molecule has 0 aromatic carbocycles. The first-order chi connectivity index (χ1) is 8.47. The van der Waals surface area contributed by atoms with Gasteiger partial charge in [0.1, 0.15) is 10.8 Å². The Balaban J connectivity index is 2.81. The van der Waals surface area contributed by atoms with Gasteiger partial charge >= 0.3 is 5.97 Å². The van der Waals surface area contributed by atoms with Crippen molar-refractivity contribution >= 4 is 29.0 Å².